The van der Waals surface area contributed by atoms with Crippen molar-refractivity contribution in [3.63, 3.8) is 0 Å². The standard InChI is InChI=1S/C15H15NO2/c1-11-6-7-13(17-11)9-16-10-14-8-12-4-2-3-5-15(12)18-14/h2-8,16H,9-10H2,1H3. The molecular formula is C15H15NO2. The van der Waals surface area contributed by atoms with Crippen molar-refractivity contribution in [3.05, 3.63) is 59.7 Å². The van der Waals surface area contributed by atoms with Crippen molar-refractivity contribution in [1.29, 1.82) is 0 Å². The van der Waals surface area contributed by atoms with Crippen LogP contribution in [0, 0.1) is 6.92 Å². The maximum Gasteiger partial charge on any atom is 0.134 e. The zero-order chi connectivity index (χ0) is 12.4. The van der Waals surface area contributed by atoms with Crippen LogP contribution in [-0.2, 0) is 13.1 Å². The number of nitrogens with one attached hydrogen (secondary N) is 1. The molecule has 92 valence electrons. The van der Waals surface area contributed by atoms with E-state index in [1.165, 1.54) is 0 Å². The molecule has 0 saturated carbocycles. The number of hydrogen-bond acceptors (Lipinski definition) is 3. The Bertz CT molecular complexity index is 618. The molecular weight excluding hydrogens is 226 g/mol. The number of furan rings is 2. The fourth-order valence-electron chi connectivity index (χ4n) is 2.01. The zero-order valence-corrected chi connectivity index (χ0v) is 10.3. The van der Waals surface area contributed by atoms with Crippen LogP contribution < -0.4 is 5.32 Å². The molecule has 0 amide bonds. The van der Waals surface area contributed by atoms with Gasteiger partial charge in [0.05, 0.1) is 13.1 Å². The highest BCUT2D eigenvalue weighted by Crippen LogP contribution is 2.18. The number of benzene rings is 1. The molecule has 18 heavy (non-hydrogen) atoms. The second-order valence-electron chi connectivity index (χ2n) is 4.37. The maximum atomic E-state index is 5.72. The van der Waals surface area contributed by atoms with Crippen molar-refractivity contribution >= 4 is 11.0 Å². The summed E-state index contributed by atoms with van der Waals surface area (Å²) < 4.78 is 11.2. The van der Waals surface area contributed by atoms with Crippen molar-refractivity contribution in [2.75, 3.05) is 0 Å². The quantitative estimate of drug-likeness (QED) is 0.758. The van der Waals surface area contributed by atoms with Crippen LogP contribution in [0.2, 0.25) is 0 Å². The van der Waals surface area contributed by atoms with Gasteiger partial charge in [0.1, 0.15) is 22.9 Å². The van der Waals surface area contributed by atoms with Gasteiger partial charge in [-0.05, 0) is 31.2 Å². The Labute approximate surface area is 105 Å². The average molecular weight is 241 g/mol. The first-order valence-corrected chi connectivity index (χ1v) is 6.05. The molecule has 1 aromatic carbocycles. The van der Waals surface area contributed by atoms with Gasteiger partial charge in [-0.25, -0.2) is 0 Å². The largest absolute Gasteiger partial charge is 0.465 e. The van der Waals surface area contributed by atoms with Crippen LogP contribution in [0.4, 0.5) is 0 Å². The van der Waals surface area contributed by atoms with Crippen LogP contribution in [0.1, 0.15) is 17.3 Å². The first-order valence-electron chi connectivity index (χ1n) is 6.05. The van der Waals surface area contributed by atoms with Crippen molar-refractivity contribution in [2.24, 2.45) is 0 Å². The highest BCUT2D eigenvalue weighted by atomic mass is 16.3. The van der Waals surface area contributed by atoms with E-state index in [1.54, 1.807) is 0 Å². The lowest BCUT2D eigenvalue weighted by Gasteiger charge is -1.99. The third-order valence-electron chi connectivity index (χ3n) is 2.87. The summed E-state index contributed by atoms with van der Waals surface area (Å²) >= 11 is 0. The van der Waals surface area contributed by atoms with Crippen LogP contribution >= 0.6 is 0 Å². The fraction of sp³-hybridized carbons (Fsp3) is 0.200. The minimum atomic E-state index is 0.703. The maximum absolute atomic E-state index is 5.72. The summed E-state index contributed by atoms with van der Waals surface area (Å²) in [5, 5.41) is 4.45. The molecule has 0 saturated heterocycles. The fourth-order valence-corrected chi connectivity index (χ4v) is 2.01. The number of para-hydroxylation sites is 1. The Hall–Kier alpha value is -2.00. The molecule has 0 radical (unpaired) electrons. The van der Waals surface area contributed by atoms with Crippen molar-refractivity contribution in [2.45, 2.75) is 20.0 Å². The highest BCUT2D eigenvalue weighted by Gasteiger charge is 2.03. The van der Waals surface area contributed by atoms with Gasteiger partial charge in [0.2, 0.25) is 0 Å². The van der Waals surface area contributed by atoms with E-state index in [4.69, 9.17) is 8.83 Å². The number of aryl methyl sites for hydroxylation is 1. The predicted octanol–water partition coefficient (Wildman–Crippen LogP) is 3.62. The molecule has 3 rings (SSSR count). The molecule has 0 atom stereocenters. The van der Waals surface area contributed by atoms with E-state index in [0.29, 0.717) is 13.1 Å². The van der Waals surface area contributed by atoms with Gasteiger partial charge in [0.15, 0.2) is 0 Å². The van der Waals surface area contributed by atoms with E-state index in [9.17, 15) is 0 Å². The van der Waals surface area contributed by atoms with Crippen LogP contribution in [0.3, 0.4) is 0 Å². The second kappa shape index (κ2) is 4.70. The Balaban J connectivity index is 1.62. The SMILES string of the molecule is Cc1ccc(CNCc2cc3ccccc3o2)o1. The zero-order valence-electron chi connectivity index (χ0n) is 10.3. The molecule has 3 aromatic rings. The second-order valence-corrected chi connectivity index (χ2v) is 4.37. The highest BCUT2D eigenvalue weighted by molar-refractivity contribution is 5.77. The molecule has 0 aliphatic heterocycles. The molecule has 0 unspecified atom stereocenters. The Kier molecular flexibility index (Phi) is 2.90. The summed E-state index contributed by atoms with van der Waals surface area (Å²) in [5.41, 5.74) is 0.933. The van der Waals surface area contributed by atoms with Gasteiger partial charge in [-0.15, -0.1) is 0 Å². The molecule has 0 spiro atoms. The average Bonchev–Trinajstić information content (AvgIpc) is 2.95. The summed E-state index contributed by atoms with van der Waals surface area (Å²) in [6.45, 7) is 3.36. The molecule has 2 aromatic heterocycles. The minimum Gasteiger partial charge on any atom is -0.465 e. The number of fused-ring (bicyclic) bond motifs is 1. The van der Waals surface area contributed by atoms with Crippen LogP contribution in [0.15, 0.2) is 51.3 Å². The summed E-state index contributed by atoms with van der Waals surface area (Å²) in [4.78, 5) is 0. The summed E-state index contributed by atoms with van der Waals surface area (Å²) in [6, 6.07) is 14.1. The van der Waals surface area contributed by atoms with Gasteiger partial charge >= 0.3 is 0 Å². The Morgan fingerprint density at radius 1 is 0.944 bits per heavy atom. The van der Waals surface area contributed by atoms with Gasteiger partial charge in [0, 0.05) is 5.39 Å². The van der Waals surface area contributed by atoms with E-state index in [1.807, 2.05) is 37.3 Å². The van der Waals surface area contributed by atoms with Crippen LogP contribution in [0.25, 0.3) is 11.0 Å². The first-order chi connectivity index (χ1) is 8.81. The van der Waals surface area contributed by atoms with Gasteiger partial charge < -0.3 is 14.2 Å². The van der Waals surface area contributed by atoms with Gasteiger partial charge in [-0.1, -0.05) is 18.2 Å². The first kappa shape index (κ1) is 11.1. The normalized spacial score (nSPS) is 11.2. The smallest absolute Gasteiger partial charge is 0.134 e. The van der Waals surface area contributed by atoms with Gasteiger partial charge in [0.25, 0.3) is 0 Å². The molecule has 3 heteroatoms. The molecule has 0 aliphatic carbocycles. The van der Waals surface area contributed by atoms with Gasteiger partial charge in [-0.2, -0.15) is 0 Å². The molecule has 2 heterocycles. The predicted molar refractivity (Wildman–Crippen MR) is 70.2 cm³/mol. The van der Waals surface area contributed by atoms with E-state index < -0.39 is 0 Å². The molecule has 0 aliphatic rings. The molecule has 1 N–H and O–H groups in total. The minimum absolute atomic E-state index is 0.703. The third-order valence-corrected chi connectivity index (χ3v) is 2.87. The van der Waals surface area contributed by atoms with E-state index in [-0.39, 0.29) is 0 Å². The lowest BCUT2D eigenvalue weighted by molar-refractivity contribution is 0.447. The van der Waals surface area contributed by atoms with Gasteiger partial charge in [-0.3, -0.25) is 0 Å². The van der Waals surface area contributed by atoms with Crippen LogP contribution in [0.5, 0.6) is 0 Å². The topological polar surface area (TPSA) is 38.3 Å². The van der Waals surface area contributed by atoms with Crippen molar-refractivity contribution < 1.29 is 8.83 Å². The molecule has 0 bridgehead atoms. The number of hydrogen-bond donors (Lipinski definition) is 1. The lowest BCUT2D eigenvalue weighted by Crippen LogP contribution is -2.11. The third kappa shape index (κ3) is 2.31. The lowest BCUT2D eigenvalue weighted by atomic mass is 10.2. The van der Waals surface area contributed by atoms with E-state index >= 15 is 0 Å². The molecule has 0 fully saturated rings. The Morgan fingerprint density at radius 2 is 1.78 bits per heavy atom. The summed E-state index contributed by atoms with van der Waals surface area (Å²) in [5.74, 6) is 2.83. The monoisotopic (exact) mass is 241 g/mol. The summed E-state index contributed by atoms with van der Waals surface area (Å²) in [7, 11) is 0. The van der Waals surface area contributed by atoms with Crippen molar-refractivity contribution in [1.82, 2.24) is 5.32 Å². The Morgan fingerprint density at radius 3 is 2.56 bits per heavy atom. The van der Waals surface area contributed by atoms with Crippen LogP contribution in [-0.4, -0.2) is 0 Å². The van der Waals surface area contributed by atoms with Crippen molar-refractivity contribution in [3.8, 4) is 0 Å². The number of rotatable bonds is 4. The molecule has 3 nitrogen and oxygen atoms in total. The summed E-state index contributed by atoms with van der Waals surface area (Å²) in [6.07, 6.45) is 0. The van der Waals surface area contributed by atoms with E-state index in [0.717, 1.165) is 28.2 Å². The van der Waals surface area contributed by atoms with E-state index in [2.05, 4.69) is 17.4 Å².